The smallest absolute Gasteiger partial charge is 0.168 e. The SMILES string of the molecule is CC1(O)C(O)C(CO)OC1n1cnc2c(NCC3CCCO3)ncnc21. The summed E-state index contributed by atoms with van der Waals surface area (Å²) in [5, 5.41) is 33.4. The summed E-state index contributed by atoms with van der Waals surface area (Å²) in [6.07, 6.45) is 2.07. The Hall–Kier alpha value is -1.85. The highest BCUT2D eigenvalue weighted by molar-refractivity contribution is 5.82. The van der Waals surface area contributed by atoms with Gasteiger partial charge in [-0.05, 0) is 19.8 Å². The predicted molar refractivity (Wildman–Crippen MR) is 90.4 cm³/mol. The zero-order valence-corrected chi connectivity index (χ0v) is 14.4. The first-order valence-corrected chi connectivity index (χ1v) is 8.72. The van der Waals surface area contributed by atoms with Crippen LogP contribution in [0.15, 0.2) is 12.7 Å². The maximum atomic E-state index is 10.7. The molecule has 10 heteroatoms. The van der Waals surface area contributed by atoms with E-state index in [1.807, 2.05) is 0 Å². The molecule has 4 rings (SSSR count). The van der Waals surface area contributed by atoms with E-state index in [-0.39, 0.29) is 6.10 Å². The molecule has 0 radical (unpaired) electrons. The summed E-state index contributed by atoms with van der Waals surface area (Å²) in [7, 11) is 0. The monoisotopic (exact) mass is 365 g/mol. The Kier molecular flexibility index (Phi) is 4.53. The van der Waals surface area contributed by atoms with Crippen LogP contribution in [0, 0.1) is 0 Å². The van der Waals surface area contributed by atoms with E-state index >= 15 is 0 Å². The van der Waals surface area contributed by atoms with Crippen LogP contribution in [0.4, 0.5) is 5.82 Å². The first-order chi connectivity index (χ1) is 12.5. The van der Waals surface area contributed by atoms with Crippen LogP contribution in [-0.4, -0.2) is 78.5 Å². The molecule has 2 aliphatic heterocycles. The number of aromatic nitrogens is 4. The number of aliphatic hydroxyl groups is 3. The molecule has 2 aliphatic rings. The molecule has 2 fully saturated rings. The van der Waals surface area contributed by atoms with Crippen molar-refractivity contribution in [3.63, 3.8) is 0 Å². The quantitative estimate of drug-likeness (QED) is 0.549. The molecule has 0 aliphatic carbocycles. The topological polar surface area (TPSA) is 135 Å². The van der Waals surface area contributed by atoms with Crippen molar-refractivity contribution in [2.24, 2.45) is 0 Å². The zero-order chi connectivity index (χ0) is 18.3. The van der Waals surface area contributed by atoms with Gasteiger partial charge in [-0.15, -0.1) is 0 Å². The van der Waals surface area contributed by atoms with Gasteiger partial charge in [0.25, 0.3) is 0 Å². The summed E-state index contributed by atoms with van der Waals surface area (Å²) in [6.45, 7) is 2.47. The molecule has 10 nitrogen and oxygen atoms in total. The molecule has 0 spiro atoms. The third-order valence-corrected chi connectivity index (χ3v) is 5.07. The number of aliphatic hydroxyl groups excluding tert-OH is 2. The summed E-state index contributed by atoms with van der Waals surface area (Å²) in [5.74, 6) is 0.571. The summed E-state index contributed by atoms with van der Waals surface area (Å²) in [4.78, 5) is 12.8. The molecule has 142 valence electrons. The van der Waals surface area contributed by atoms with Gasteiger partial charge in [-0.1, -0.05) is 0 Å². The van der Waals surface area contributed by atoms with Crippen LogP contribution < -0.4 is 5.32 Å². The van der Waals surface area contributed by atoms with E-state index in [4.69, 9.17) is 9.47 Å². The largest absolute Gasteiger partial charge is 0.394 e. The summed E-state index contributed by atoms with van der Waals surface area (Å²) < 4.78 is 12.8. The van der Waals surface area contributed by atoms with Crippen molar-refractivity contribution in [3.8, 4) is 0 Å². The molecule has 2 aromatic rings. The van der Waals surface area contributed by atoms with Crippen molar-refractivity contribution >= 4 is 17.0 Å². The molecule has 2 saturated heterocycles. The first kappa shape index (κ1) is 17.6. The van der Waals surface area contributed by atoms with Crippen LogP contribution in [-0.2, 0) is 9.47 Å². The van der Waals surface area contributed by atoms with Gasteiger partial charge in [-0.2, -0.15) is 0 Å². The molecule has 5 unspecified atom stereocenters. The lowest BCUT2D eigenvalue weighted by molar-refractivity contribution is -0.0950. The van der Waals surface area contributed by atoms with Gasteiger partial charge in [0.1, 0.15) is 24.1 Å². The second kappa shape index (κ2) is 6.71. The molecule has 0 amide bonds. The highest BCUT2D eigenvalue weighted by atomic mass is 16.6. The minimum atomic E-state index is -1.60. The van der Waals surface area contributed by atoms with Gasteiger partial charge in [0.05, 0.1) is 19.0 Å². The van der Waals surface area contributed by atoms with Gasteiger partial charge in [0.2, 0.25) is 0 Å². The van der Waals surface area contributed by atoms with E-state index in [0.29, 0.717) is 23.5 Å². The molecule has 0 bridgehead atoms. The number of hydrogen-bond donors (Lipinski definition) is 4. The number of anilines is 1. The summed E-state index contributed by atoms with van der Waals surface area (Å²) in [5.41, 5.74) is -0.602. The van der Waals surface area contributed by atoms with Crippen LogP contribution in [0.2, 0.25) is 0 Å². The van der Waals surface area contributed by atoms with Crippen molar-refractivity contribution in [2.45, 2.75) is 49.9 Å². The van der Waals surface area contributed by atoms with E-state index in [0.717, 1.165) is 19.4 Å². The fourth-order valence-electron chi connectivity index (χ4n) is 3.56. The molecule has 0 saturated carbocycles. The lowest BCUT2D eigenvalue weighted by Crippen LogP contribution is -2.44. The van der Waals surface area contributed by atoms with Crippen LogP contribution in [0.1, 0.15) is 26.0 Å². The first-order valence-electron chi connectivity index (χ1n) is 8.72. The highest BCUT2D eigenvalue weighted by Gasteiger charge is 2.53. The molecule has 2 aromatic heterocycles. The van der Waals surface area contributed by atoms with Crippen LogP contribution in [0.25, 0.3) is 11.2 Å². The Morgan fingerprint density at radius 3 is 2.92 bits per heavy atom. The van der Waals surface area contributed by atoms with Crippen molar-refractivity contribution in [1.82, 2.24) is 19.5 Å². The molecule has 5 atom stereocenters. The molecular formula is C16H23N5O5. The Bertz CT molecular complexity index is 775. The fourth-order valence-corrected chi connectivity index (χ4v) is 3.56. The van der Waals surface area contributed by atoms with Crippen molar-refractivity contribution in [3.05, 3.63) is 12.7 Å². The average molecular weight is 365 g/mol. The number of hydrogen-bond acceptors (Lipinski definition) is 9. The van der Waals surface area contributed by atoms with E-state index in [1.165, 1.54) is 19.6 Å². The third-order valence-electron chi connectivity index (χ3n) is 5.07. The molecule has 4 N–H and O–H groups in total. The lowest BCUT2D eigenvalue weighted by atomic mass is 9.96. The number of imidazole rings is 1. The summed E-state index contributed by atoms with van der Waals surface area (Å²) in [6, 6.07) is 0. The van der Waals surface area contributed by atoms with Crippen LogP contribution in [0.3, 0.4) is 0 Å². The highest BCUT2D eigenvalue weighted by Crippen LogP contribution is 2.39. The summed E-state index contributed by atoms with van der Waals surface area (Å²) >= 11 is 0. The normalized spacial score (nSPS) is 34.6. The number of fused-ring (bicyclic) bond motifs is 1. The molecular weight excluding hydrogens is 342 g/mol. The molecule has 0 aromatic carbocycles. The minimum Gasteiger partial charge on any atom is -0.394 e. The van der Waals surface area contributed by atoms with E-state index in [1.54, 1.807) is 4.57 Å². The number of nitrogens with zero attached hydrogens (tertiary/aromatic N) is 4. The van der Waals surface area contributed by atoms with Gasteiger partial charge in [-0.25, -0.2) is 15.0 Å². The fraction of sp³-hybridized carbons (Fsp3) is 0.688. The van der Waals surface area contributed by atoms with Gasteiger partial charge >= 0.3 is 0 Å². The second-order valence-corrected chi connectivity index (χ2v) is 6.94. The van der Waals surface area contributed by atoms with Crippen LogP contribution >= 0.6 is 0 Å². The van der Waals surface area contributed by atoms with E-state index < -0.39 is 30.6 Å². The Balaban J connectivity index is 1.62. The van der Waals surface area contributed by atoms with Gasteiger partial charge < -0.3 is 30.1 Å². The Morgan fingerprint density at radius 1 is 1.38 bits per heavy atom. The lowest BCUT2D eigenvalue weighted by Gasteiger charge is -2.27. The number of ether oxygens (including phenoxy) is 2. The van der Waals surface area contributed by atoms with Crippen LogP contribution in [0.5, 0.6) is 0 Å². The maximum Gasteiger partial charge on any atom is 0.168 e. The van der Waals surface area contributed by atoms with Gasteiger partial charge in [0.15, 0.2) is 23.2 Å². The second-order valence-electron chi connectivity index (χ2n) is 6.94. The average Bonchev–Trinajstić information content (AvgIpc) is 3.34. The minimum absolute atomic E-state index is 0.154. The Morgan fingerprint density at radius 2 is 2.23 bits per heavy atom. The van der Waals surface area contributed by atoms with Gasteiger partial charge in [0, 0.05) is 13.2 Å². The number of rotatable bonds is 5. The van der Waals surface area contributed by atoms with Crippen molar-refractivity contribution < 1.29 is 24.8 Å². The standard InChI is InChI=1S/C16H23N5O5/c1-16(24)12(23)10(6-22)26-15(16)21-8-20-11-13(18-7-19-14(11)21)17-5-9-3-2-4-25-9/h7-10,12,15,22-24H,2-6H2,1H3,(H,17,18,19). The Labute approximate surface area is 149 Å². The van der Waals surface area contributed by atoms with E-state index in [2.05, 4.69) is 20.3 Å². The van der Waals surface area contributed by atoms with Gasteiger partial charge in [-0.3, -0.25) is 4.57 Å². The van der Waals surface area contributed by atoms with Crippen molar-refractivity contribution in [1.29, 1.82) is 0 Å². The van der Waals surface area contributed by atoms with E-state index in [9.17, 15) is 15.3 Å². The molecule has 26 heavy (non-hydrogen) atoms. The zero-order valence-electron chi connectivity index (χ0n) is 14.4. The molecule has 4 heterocycles. The predicted octanol–water partition coefficient (Wildman–Crippen LogP) is -0.581. The third kappa shape index (κ3) is 2.83. The van der Waals surface area contributed by atoms with Crippen molar-refractivity contribution in [2.75, 3.05) is 25.1 Å². The maximum absolute atomic E-state index is 10.7. The number of nitrogens with one attached hydrogen (secondary N) is 1.